The van der Waals surface area contributed by atoms with Crippen LogP contribution >= 0.6 is 0 Å². The van der Waals surface area contributed by atoms with Crippen molar-refractivity contribution in [2.45, 2.75) is 6.92 Å². The van der Waals surface area contributed by atoms with Gasteiger partial charge in [-0.25, -0.2) is 0 Å². The van der Waals surface area contributed by atoms with Crippen molar-refractivity contribution in [3.05, 3.63) is 36.4 Å². The Kier molecular flexibility index (Phi) is 1.81. The van der Waals surface area contributed by atoms with E-state index in [0.717, 1.165) is 11.3 Å². The number of rotatable bonds is 1. The first-order chi connectivity index (χ1) is 6.29. The largest absolute Gasteiger partial charge is 0.264 e. The molecular weight excluding hydrogens is 164 g/mol. The molecule has 0 spiro atoms. The average Bonchev–Trinajstić information content (AvgIpc) is 2.52. The quantitative estimate of drug-likeness (QED) is 0.588. The van der Waals surface area contributed by atoms with E-state index in [1.165, 1.54) is 0 Å². The molecule has 0 fully saturated rings. The van der Waals surface area contributed by atoms with Gasteiger partial charge in [-0.3, -0.25) is 4.98 Å². The topological polar surface area (TPSA) is 34.6 Å². The number of pyridine rings is 1. The van der Waals surface area contributed by atoms with E-state index in [2.05, 4.69) is 10.1 Å². The van der Waals surface area contributed by atoms with Crippen LogP contribution in [0.15, 0.2) is 30.9 Å². The van der Waals surface area contributed by atoms with Gasteiger partial charge in [0.05, 0.1) is 7.05 Å². The van der Waals surface area contributed by atoms with Crippen LogP contribution in [0.2, 0.25) is 0 Å². The van der Waals surface area contributed by atoms with Gasteiger partial charge in [0.25, 0.3) is 0 Å². The zero-order valence-electron chi connectivity index (χ0n) is 7.68. The molecular formula is C9H11N4+. The third-order valence-corrected chi connectivity index (χ3v) is 1.99. The Bertz CT molecular complexity index is 419. The second-order valence-electron chi connectivity index (χ2n) is 2.91. The maximum atomic E-state index is 4.09. The summed E-state index contributed by atoms with van der Waals surface area (Å²) in [6.07, 6.45) is 7.31. The van der Waals surface area contributed by atoms with Gasteiger partial charge in [0, 0.05) is 29.1 Å². The van der Waals surface area contributed by atoms with Crippen molar-refractivity contribution in [2.24, 2.45) is 7.05 Å². The summed E-state index contributed by atoms with van der Waals surface area (Å²) in [6, 6.07) is 1.97. The summed E-state index contributed by atoms with van der Waals surface area (Å²) in [5, 5.41) is 4.09. The molecule has 0 saturated heterocycles. The number of hydrogen-bond acceptors (Lipinski definition) is 2. The molecule has 0 bridgehead atoms. The minimum absolute atomic E-state index is 1.11. The first-order valence-electron chi connectivity index (χ1n) is 4.10. The highest BCUT2D eigenvalue weighted by Gasteiger charge is 2.09. The molecule has 0 saturated carbocycles. The van der Waals surface area contributed by atoms with Gasteiger partial charge in [-0.1, -0.05) is 0 Å². The maximum Gasteiger partial charge on any atom is 0.206 e. The first kappa shape index (κ1) is 7.91. The van der Waals surface area contributed by atoms with Crippen LogP contribution in [0.25, 0.3) is 5.69 Å². The van der Waals surface area contributed by atoms with Crippen LogP contribution in [0.4, 0.5) is 0 Å². The van der Waals surface area contributed by atoms with Gasteiger partial charge < -0.3 is 0 Å². The van der Waals surface area contributed by atoms with Gasteiger partial charge >= 0.3 is 0 Å². The van der Waals surface area contributed by atoms with Crippen LogP contribution in [0.5, 0.6) is 0 Å². The second-order valence-corrected chi connectivity index (χ2v) is 2.91. The molecule has 0 aromatic carbocycles. The summed E-state index contributed by atoms with van der Waals surface area (Å²) in [4.78, 5) is 5.82. The van der Waals surface area contributed by atoms with Crippen LogP contribution in [0, 0.1) is 6.92 Å². The molecule has 2 rings (SSSR count). The Morgan fingerprint density at radius 2 is 2.23 bits per heavy atom. The van der Waals surface area contributed by atoms with Gasteiger partial charge in [0.2, 0.25) is 6.20 Å². The highest BCUT2D eigenvalue weighted by atomic mass is 15.5. The monoisotopic (exact) mass is 175 g/mol. The standard InChI is InChI=1S/C9H11N4/c1-8-7-10-4-3-9(8)13-6-5-11-12(13)2/h3-7H,1-2H3/q+1. The van der Waals surface area contributed by atoms with Gasteiger partial charge in [0.15, 0.2) is 11.9 Å². The van der Waals surface area contributed by atoms with Crippen molar-refractivity contribution in [2.75, 3.05) is 0 Å². The van der Waals surface area contributed by atoms with Crippen molar-refractivity contribution in [3.63, 3.8) is 0 Å². The third-order valence-electron chi connectivity index (χ3n) is 1.99. The SMILES string of the molecule is Cc1cnccc1-[n+]1ccnn1C. The Morgan fingerprint density at radius 3 is 2.85 bits per heavy atom. The normalized spacial score (nSPS) is 10.3. The summed E-state index contributed by atoms with van der Waals surface area (Å²) >= 11 is 0. The van der Waals surface area contributed by atoms with Crippen molar-refractivity contribution < 1.29 is 4.68 Å². The lowest BCUT2D eigenvalue weighted by atomic mass is 10.3. The molecule has 2 heterocycles. The third kappa shape index (κ3) is 1.30. The first-order valence-corrected chi connectivity index (χ1v) is 4.10. The van der Waals surface area contributed by atoms with Crippen molar-refractivity contribution in [1.29, 1.82) is 0 Å². The van der Waals surface area contributed by atoms with Crippen LogP contribution in [-0.2, 0) is 7.05 Å². The lowest BCUT2D eigenvalue weighted by molar-refractivity contribution is -0.688. The van der Waals surface area contributed by atoms with E-state index in [1.807, 2.05) is 37.1 Å². The van der Waals surface area contributed by atoms with Crippen LogP contribution in [0.1, 0.15) is 5.56 Å². The Hall–Kier alpha value is -1.71. The van der Waals surface area contributed by atoms with Crippen LogP contribution in [0.3, 0.4) is 0 Å². The molecule has 4 heteroatoms. The molecule has 0 aliphatic heterocycles. The van der Waals surface area contributed by atoms with Crippen LogP contribution in [-0.4, -0.2) is 14.9 Å². The van der Waals surface area contributed by atoms with Crippen molar-refractivity contribution in [3.8, 4) is 5.69 Å². The highest BCUT2D eigenvalue weighted by Crippen LogP contribution is 2.02. The molecule has 0 unspecified atom stereocenters. The highest BCUT2D eigenvalue weighted by molar-refractivity contribution is 5.27. The molecule has 0 atom stereocenters. The van der Waals surface area contributed by atoms with Gasteiger partial charge in [-0.05, 0) is 11.7 Å². The van der Waals surface area contributed by atoms with E-state index in [4.69, 9.17) is 0 Å². The molecule has 0 aliphatic rings. The van der Waals surface area contributed by atoms with E-state index >= 15 is 0 Å². The average molecular weight is 175 g/mol. The fourth-order valence-corrected chi connectivity index (χ4v) is 1.30. The molecule has 2 aromatic rings. The predicted molar refractivity (Wildman–Crippen MR) is 47.3 cm³/mol. The zero-order valence-corrected chi connectivity index (χ0v) is 7.68. The minimum Gasteiger partial charge on any atom is -0.264 e. The summed E-state index contributed by atoms with van der Waals surface area (Å²) < 4.78 is 1.97. The van der Waals surface area contributed by atoms with Crippen molar-refractivity contribution in [1.82, 2.24) is 14.9 Å². The minimum atomic E-state index is 1.11. The molecule has 13 heavy (non-hydrogen) atoms. The molecule has 2 aromatic heterocycles. The van der Waals surface area contributed by atoms with Crippen LogP contribution < -0.4 is 4.68 Å². The molecule has 0 N–H and O–H groups in total. The molecule has 4 nitrogen and oxygen atoms in total. The smallest absolute Gasteiger partial charge is 0.206 e. The van der Waals surface area contributed by atoms with E-state index in [1.54, 1.807) is 17.2 Å². The van der Waals surface area contributed by atoms with Gasteiger partial charge in [-0.2, -0.15) is 0 Å². The molecule has 66 valence electrons. The number of aryl methyl sites for hydroxylation is 2. The van der Waals surface area contributed by atoms with E-state index in [0.29, 0.717) is 0 Å². The molecule has 0 radical (unpaired) electrons. The van der Waals surface area contributed by atoms with Crippen molar-refractivity contribution >= 4 is 0 Å². The zero-order chi connectivity index (χ0) is 9.26. The number of hydrogen-bond donors (Lipinski definition) is 0. The Balaban J connectivity index is 2.59. The van der Waals surface area contributed by atoms with Gasteiger partial charge in [-0.15, -0.1) is 4.68 Å². The van der Waals surface area contributed by atoms with Gasteiger partial charge in [0.1, 0.15) is 0 Å². The second kappa shape index (κ2) is 2.97. The lowest BCUT2D eigenvalue weighted by Gasteiger charge is -1.99. The Morgan fingerprint density at radius 1 is 1.38 bits per heavy atom. The summed E-state index contributed by atoms with van der Waals surface area (Å²) in [5.41, 5.74) is 2.24. The fourth-order valence-electron chi connectivity index (χ4n) is 1.30. The lowest BCUT2D eigenvalue weighted by Crippen LogP contribution is -2.39. The number of nitrogens with zero attached hydrogens (tertiary/aromatic N) is 4. The summed E-state index contributed by atoms with van der Waals surface area (Å²) in [7, 11) is 1.90. The van der Waals surface area contributed by atoms with E-state index in [9.17, 15) is 0 Å². The number of aromatic nitrogens is 4. The summed E-state index contributed by atoms with van der Waals surface area (Å²) in [5.74, 6) is 0. The van der Waals surface area contributed by atoms with E-state index < -0.39 is 0 Å². The fraction of sp³-hybridized carbons (Fsp3) is 0.222. The molecule has 0 aliphatic carbocycles. The maximum absolute atomic E-state index is 4.09. The Labute approximate surface area is 76.4 Å². The van der Waals surface area contributed by atoms with E-state index in [-0.39, 0.29) is 0 Å². The summed E-state index contributed by atoms with van der Waals surface area (Å²) in [6.45, 7) is 2.03. The predicted octanol–water partition coefficient (Wildman–Crippen LogP) is 0.400. The molecule has 0 amide bonds.